The predicted octanol–water partition coefficient (Wildman–Crippen LogP) is 2.22. The maximum Gasteiger partial charge on any atom is 0.416 e. The SMILES string of the molecule is CC1C(C(=O)O)CCN1C(=O)c1cn(-c2cccc(C(F)(F)F)c2)nn1. The minimum absolute atomic E-state index is 0.0553. The molecule has 1 saturated heterocycles. The molecule has 1 amide bonds. The number of rotatable bonds is 3. The average molecular weight is 368 g/mol. The fraction of sp³-hybridized carbons (Fsp3) is 0.375. The lowest BCUT2D eigenvalue weighted by molar-refractivity contribution is -0.142. The van der Waals surface area contributed by atoms with Crippen molar-refractivity contribution in [1.82, 2.24) is 19.9 Å². The lowest BCUT2D eigenvalue weighted by Crippen LogP contribution is -2.37. The van der Waals surface area contributed by atoms with Gasteiger partial charge in [0.2, 0.25) is 0 Å². The summed E-state index contributed by atoms with van der Waals surface area (Å²) < 4.78 is 39.5. The summed E-state index contributed by atoms with van der Waals surface area (Å²) in [5.74, 6) is -2.13. The number of hydrogen-bond donors (Lipinski definition) is 1. The third kappa shape index (κ3) is 3.26. The first-order chi connectivity index (χ1) is 12.2. The molecule has 10 heteroatoms. The molecule has 26 heavy (non-hydrogen) atoms. The molecule has 1 aromatic carbocycles. The van der Waals surface area contributed by atoms with Gasteiger partial charge >= 0.3 is 12.1 Å². The van der Waals surface area contributed by atoms with Gasteiger partial charge in [-0.3, -0.25) is 9.59 Å². The Morgan fingerprint density at radius 1 is 1.31 bits per heavy atom. The zero-order chi connectivity index (χ0) is 19.1. The summed E-state index contributed by atoms with van der Waals surface area (Å²) in [5.41, 5.74) is -0.777. The Hall–Kier alpha value is -2.91. The minimum atomic E-state index is -4.49. The number of nitrogens with zero attached hydrogens (tertiary/aromatic N) is 4. The first kappa shape index (κ1) is 17.9. The molecule has 2 atom stereocenters. The van der Waals surface area contributed by atoms with E-state index in [0.29, 0.717) is 6.42 Å². The van der Waals surface area contributed by atoms with Crippen LogP contribution in [0.2, 0.25) is 0 Å². The predicted molar refractivity (Wildman–Crippen MR) is 82.6 cm³/mol. The van der Waals surface area contributed by atoms with Gasteiger partial charge in [-0.15, -0.1) is 5.10 Å². The highest BCUT2D eigenvalue weighted by Gasteiger charge is 2.39. The van der Waals surface area contributed by atoms with Gasteiger partial charge in [-0.1, -0.05) is 11.3 Å². The average Bonchev–Trinajstić information content (AvgIpc) is 3.20. The van der Waals surface area contributed by atoms with Crippen molar-refractivity contribution in [3.05, 3.63) is 41.7 Å². The molecule has 7 nitrogen and oxygen atoms in total. The number of carbonyl (C=O) groups excluding carboxylic acids is 1. The highest BCUT2D eigenvalue weighted by Crippen LogP contribution is 2.30. The second kappa shape index (κ2) is 6.43. The second-order valence-corrected chi connectivity index (χ2v) is 6.07. The van der Waals surface area contributed by atoms with Crippen LogP contribution in [0.4, 0.5) is 13.2 Å². The van der Waals surface area contributed by atoms with Crippen LogP contribution >= 0.6 is 0 Å². The standard InChI is InChI=1S/C16H15F3N4O3/c1-9-12(15(25)26)5-6-22(9)14(24)13-8-23(21-20-13)11-4-2-3-10(7-11)16(17,18)19/h2-4,7-9,12H,5-6H2,1H3,(H,25,26). The molecule has 0 spiro atoms. The van der Waals surface area contributed by atoms with Crippen LogP contribution in [0.15, 0.2) is 30.5 Å². The van der Waals surface area contributed by atoms with E-state index in [1.807, 2.05) is 0 Å². The number of benzene rings is 1. The highest BCUT2D eigenvalue weighted by atomic mass is 19.4. The quantitative estimate of drug-likeness (QED) is 0.898. The van der Waals surface area contributed by atoms with E-state index >= 15 is 0 Å². The second-order valence-electron chi connectivity index (χ2n) is 6.07. The van der Waals surface area contributed by atoms with Gasteiger partial charge in [-0.2, -0.15) is 13.2 Å². The van der Waals surface area contributed by atoms with Crippen molar-refractivity contribution in [2.24, 2.45) is 5.92 Å². The summed E-state index contributed by atoms with van der Waals surface area (Å²) >= 11 is 0. The van der Waals surface area contributed by atoms with Crippen molar-refractivity contribution >= 4 is 11.9 Å². The molecule has 1 aliphatic rings. The number of carboxylic acids is 1. The number of alkyl halides is 3. The number of hydrogen-bond acceptors (Lipinski definition) is 4. The van der Waals surface area contributed by atoms with Crippen molar-refractivity contribution in [1.29, 1.82) is 0 Å². The van der Waals surface area contributed by atoms with E-state index in [0.717, 1.165) is 16.8 Å². The Kier molecular flexibility index (Phi) is 4.43. The fourth-order valence-electron chi connectivity index (χ4n) is 3.02. The largest absolute Gasteiger partial charge is 0.481 e. The molecule has 2 unspecified atom stereocenters. The highest BCUT2D eigenvalue weighted by molar-refractivity contribution is 5.93. The molecule has 0 aliphatic carbocycles. The van der Waals surface area contributed by atoms with Gasteiger partial charge in [0.25, 0.3) is 5.91 Å². The van der Waals surface area contributed by atoms with E-state index in [9.17, 15) is 22.8 Å². The zero-order valence-corrected chi connectivity index (χ0v) is 13.6. The van der Waals surface area contributed by atoms with Gasteiger partial charge in [-0.25, -0.2) is 4.68 Å². The van der Waals surface area contributed by atoms with Gasteiger partial charge in [0.05, 0.1) is 23.4 Å². The summed E-state index contributed by atoms with van der Waals surface area (Å²) in [7, 11) is 0. The first-order valence-electron chi connectivity index (χ1n) is 7.82. The van der Waals surface area contributed by atoms with E-state index in [4.69, 9.17) is 5.11 Å². The van der Waals surface area contributed by atoms with Crippen LogP contribution < -0.4 is 0 Å². The summed E-state index contributed by atoms with van der Waals surface area (Å²) in [6.07, 6.45) is -2.92. The van der Waals surface area contributed by atoms with E-state index in [1.54, 1.807) is 6.92 Å². The molecule has 0 radical (unpaired) electrons. The van der Waals surface area contributed by atoms with Gasteiger partial charge in [0.15, 0.2) is 5.69 Å². The first-order valence-corrected chi connectivity index (χ1v) is 7.82. The molecule has 0 saturated carbocycles. The molecule has 1 aliphatic heterocycles. The van der Waals surface area contributed by atoms with Crippen molar-refractivity contribution in [2.75, 3.05) is 6.54 Å². The summed E-state index contributed by atoms with van der Waals surface area (Å²) in [4.78, 5) is 25.1. The van der Waals surface area contributed by atoms with Gasteiger partial charge in [0.1, 0.15) is 0 Å². The molecule has 138 valence electrons. The zero-order valence-electron chi connectivity index (χ0n) is 13.6. The van der Waals surface area contributed by atoms with Crippen LogP contribution in [0.3, 0.4) is 0 Å². The smallest absolute Gasteiger partial charge is 0.416 e. The van der Waals surface area contributed by atoms with Crippen LogP contribution in [0.1, 0.15) is 29.4 Å². The number of likely N-dealkylation sites (tertiary alicyclic amines) is 1. The number of carbonyl (C=O) groups is 2. The van der Waals surface area contributed by atoms with Gasteiger partial charge in [0, 0.05) is 12.6 Å². The molecule has 1 aromatic heterocycles. The van der Waals surface area contributed by atoms with Crippen LogP contribution in [-0.2, 0) is 11.0 Å². The molecule has 3 rings (SSSR count). The molecular weight excluding hydrogens is 353 g/mol. The van der Waals surface area contributed by atoms with Crippen molar-refractivity contribution in [3.63, 3.8) is 0 Å². The molecule has 1 fully saturated rings. The Bertz CT molecular complexity index is 849. The number of carboxylic acid groups (broad SMARTS) is 1. The molecule has 1 N–H and O–H groups in total. The topological polar surface area (TPSA) is 88.3 Å². The number of amides is 1. The Morgan fingerprint density at radius 3 is 2.65 bits per heavy atom. The van der Waals surface area contributed by atoms with E-state index < -0.39 is 35.6 Å². The Balaban J connectivity index is 1.82. The van der Waals surface area contributed by atoms with Crippen LogP contribution in [-0.4, -0.2) is 49.5 Å². The molecule has 2 heterocycles. The number of aliphatic carboxylic acids is 1. The lowest BCUT2D eigenvalue weighted by Gasteiger charge is -2.21. The molecule has 2 aromatic rings. The maximum atomic E-state index is 12.8. The minimum Gasteiger partial charge on any atom is -0.481 e. The van der Waals surface area contributed by atoms with Crippen LogP contribution in [0, 0.1) is 5.92 Å². The monoisotopic (exact) mass is 368 g/mol. The summed E-state index contributed by atoms with van der Waals surface area (Å²) in [6.45, 7) is 1.91. The number of halogens is 3. The third-order valence-electron chi connectivity index (χ3n) is 4.48. The van der Waals surface area contributed by atoms with Crippen molar-refractivity contribution in [3.8, 4) is 5.69 Å². The van der Waals surface area contributed by atoms with E-state index in [1.165, 1.54) is 23.2 Å². The Labute approximate surface area is 146 Å². The third-order valence-corrected chi connectivity index (χ3v) is 4.48. The van der Waals surface area contributed by atoms with E-state index in [2.05, 4.69) is 10.3 Å². The van der Waals surface area contributed by atoms with Crippen LogP contribution in [0.25, 0.3) is 5.69 Å². The maximum absolute atomic E-state index is 12.8. The van der Waals surface area contributed by atoms with Crippen molar-refractivity contribution < 1.29 is 27.9 Å². The van der Waals surface area contributed by atoms with Crippen LogP contribution in [0.5, 0.6) is 0 Å². The van der Waals surface area contributed by atoms with Gasteiger partial charge < -0.3 is 10.0 Å². The fourth-order valence-corrected chi connectivity index (χ4v) is 3.02. The summed E-state index contributed by atoms with van der Waals surface area (Å²) in [6, 6.07) is 3.99. The lowest BCUT2D eigenvalue weighted by atomic mass is 10.0. The van der Waals surface area contributed by atoms with Gasteiger partial charge in [-0.05, 0) is 31.5 Å². The van der Waals surface area contributed by atoms with E-state index in [-0.39, 0.29) is 17.9 Å². The number of aromatic nitrogens is 3. The normalized spacial score (nSPS) is 20.4. The molecular formula is C16H15F3N4O3. The Morgan fingerprint density at radius 2 is 2.04 bits per heavy atom. The van der Waals surface area contributed by atoms with Crippen molar-refractivity contribution in [2.45, 2.75) is 25.6 Å². The summed E-state index contributed by atoms with van der Waals surface area (Å²) in [5, 5.41) is 16.6. The molecule has 0 bridgehead atoms.